The Morgan fingerprint density at radius 3 is 2.78 bits per heavy atom. The molecule has 2 N–H and O–H groups in total. The molecule has 1 aliphatic carbocycles. The minimum absolute atomic E-state index is 0.105. The van der Waals surface area contributed by atoms with Crippen LogP contribution in [0.3, 0.4) is 0 Å². The van der Waals surface area contributed by atoms with Gasteiger partial charge in [-0.05, 0) is 36.1 Å². The molecule has 0 aromatic carbocycles. The first-order chi connectivity index (χ1) is 13.0. The first-order valence-electron chi connectivity index (χ1n) is 8.00. The summed E-state index contributed by atoms with van der Waals surface area (Å²) in [6.45, 7) is 0. The van der Waals surface area contributed by atoms with Crippen LogP contribution in [0.25, 0.3) is 11.3 Å². The van der Waals surface area contributed by atoms with Gasteiger partial charge in [-0.2, -0.15) is 0 Å². The Balaban J connectivity index is 1.59. The Bertz CT molecular complexity index is 1190. The van der Waals surface area contributed by atoms with E-state index in [1.165, 1.54) is 6.20 Å². The van der Waals surface area contributed by atoms with Crippen molar-refractivity contribution in [2.45, 2.75) is 12.3 Å². The van der Waals surface area contributed by atoms with E-state index >= 15 is 0 Å². The normalized spacial score (nSPS) is 17.9. The van der Waals surface area contributed by atoms with Crippen LogP contribution in [0, 0.1) is 17.8 Å². The van der Waals surface area contributed by atoms with Crippen molar-refractivity contribution in [3.63, 3.8) is 0 Å². The van der Waals surface area contributed by atoms with E-state index in [0.29, 0.717) is 16.4 Å². The predicted octanol–water partition coefficient (Wildman–Crippen LogP) is 2.38. The molecule has 0 bridgehead atoms. The summed E-state index contributed by atoms with van der Waals surface area (Å²) in [5.41, 5.74) is 0.847. The van der Waals surface area contributed by atoms with Crippen LogP contribution in [0.5, 0.6) is 0 Å². The van der Waals surface area contributed by atoms with Gasteiger partial charge >= 0.3 is 5.69 Å². The number of pyridine rings is 1. The van der Waals surface area contributed by atoms with Gasteiger partial charge < -0.3 is 4.98 Å². The highest BCUT2D eigenvalue weighted by molar-refractivity contribution is 6.30. The molecule has 1 aliphatic rings. The Morgan fingerprint density at radius 2 is 2.04 bits per heavy atom. The molecule has 27 heavy (non-hydrogen) atoms. The van der Waals surface area contributed by atoms with Gasteiger partial charge in [0.2, 0.25) is 0 Å². The molecule has 1 saturated carbocycles. The third kappa shape index (κ3) is 3.77. The van der Waals surface area contributed by atoms with Crippen molar-refractivity contribution in [1.29, 1.82) is 0 Å². The van der Waals surface area contributed by atoms with Crippen LogP contribution >= 0.6 is 23.2 Å². The van der Waals surface area contributed by atoms with E-state index in [1.807, 2.05) is 0 Å². The molecule has 9 heteroatoms. The molecule has 0 radical (unpaired) electrons. The number of aromatic nitrogens is 5. The molecule has 0 amide bonds. The fraction of sp³-hybridized carbons (Fsp3) is 0.167. The van der Waals surface area contributed by atoms with Gasteiger partial charge in [0.15, 0.2) is 5.15 Å². The Hall–Kier alpha value is -2.95. The molecule has 4 rings (SSSR count). The maximum atomic E-state index is 12.0. The summed E-state index contributed by atoms with van der Waals surface area (Å²) in [7, 11) is 0. The number of nitrogens with one attached hydrogen (secondary N) is 2. The third-order valence-corrected chi connectivity index (χ3v) is 4.69. The maximum absolute atomic E-state index is 12.0. The van der Waals surface area contributed by atoms with Gasteiger partial charge in [0, 0.05) is 24.2 Å². The average Bonchev–Trinajstić information content (AvgIpc) is 3.41. The zero-order chi connectivity index (χ0) is 19.0. The zero-order valence-corrected chi connectivity index (χ0v) is 15.2. The Kier molecular flexibility index (Phi) is 4.52. The number of halogens is 2. The first-order valence-corrected chi connectivity index (χ1v) is 8.75. The van der Waals surface area contributed by atoms with E-state index in [9.17, 15) is 9.59 Å². The van der Waals surface area contributed by atoms with E-state index in [2.05, 4.69) is 37.0 Å². The van der Waals surface area contributed by atoms with Crippen molar-refractivity contribution >= 4 is 23.2 Å². The molecule has 7 nitrogen and oxygen atoms in total. The van der Waals surface area contributed by atoms with Gasteiger partial charge in [-0.1, -0.05) is 29.1 Å². The molecule has 0 unspecified atom stereocenters. The molecule has 3 heterocycles. The van der Waals surface area contributed by atoms with Crippen LogP contribution in [0.4, 0.5) is 0 Å². The van der Waals surface area contributed by atoms with E-state index in [4.69, 9.17) is 23.2 Å². The lowest BCUT2D eigenvalue weighted by molar-refractivity contribution is 0.953. The second-order valence-corrected chi connectivity index (χ2v) is 6.84. The van der Waals surface area contributed by atoms with Gasteiger partial charge in [-0.15, -0.1) is 10.2 Å². The fourth-order valence-corrected chi connectivity index (χ4v) is 3.04. The Labute approximate surface area is 162 Å². The first kappa shape index (κ1) is 17.5. The van der Waals surface area contributed by atoms with E-state index in [0.717, 1.165) is 12.0 Å². The lowest BCUT2D eigenvalue weighted by atomic mass is 10.1. The maximum Gasteiger partial charge on any atom is 0.325 e. The van der Waals surface area contributed by atoms with Crippen molar-refractivity contribution < 1.29 is 0 Å². The minimum atomic E-state index is -0.584. The van der Waals surface area contributed by atoms with Crippen molar-refractivity contribution in [2.24, 2.45) is 5.92 Å². The summed E-state index contributed by atoms with van der Waals surface area (Å²) in [4.78, 5) is 31.8. The molecule has 0 aliphatic heterocycles. The van der Waals surface area contributed by atoms with Gasteiger partial charge in [-0.25, -0.2) is 9.78 Å². The number of H-pyrrole nitrogens is 2. The van der Waals surface area contributed by atoms with Gasteiger partial charge in [0.25, 0.3) is 5.56 Å². The molecular weight excluding hydrogens is 389 g/mol. The third-order valence-electron chi connectivity index (χ3n) is 4.17. The predicted molar refractivity (Wildman–Crippen MR) is 101 cm³/mol. The van der Waals surface area contributed by atoms with E-state index < -0.39 is 11.2 Å². The Morgan fingerprint density at radius 1 is 1.19 bits per heavy atom. The van der Waals surface area contributed by atoms with Crippen molar-refractivity contribution in [2.75, 3.05) is 0 Å². The van der Waals surface area contributed by atoms with Crippen LogP contribution < -0.4 is 11.2 Å². The second-order valence-electron chi connectivity index (χ2n) is 6.04. The summed E-state index contributed by atoms with van der Waals surface area (Å²) in [5, 5.41) is 8.73. The van der Waals surface area contributed by atoms with Crippen LogP contribution in [0.15, 0.2) is 40.2 Å². The monoisotopic (exact) mass is 399 g/mol. The number of nitrogens with zero attached hydrogens (tertiary/aromatic N) is 3. The topological polar surface area (TPSA) is 104 Å². The van der Waals surface area contributed by atoms with Crippen molar-refractivity contribution in [3.05, 3.63) is 72.9 Å². The van der Waals surface area contributed by atoms with Crippen molar-refractivity contribution in [3.8, 4) is 23.1 Å². The van der Waals surface area contributed by atoms with Gasteiger partial charge in [-0.3, -0.25) is 9.78 Å². The molecule has 134 valence electrons. The SMILES string of the molecule is O=c1[nH]cc(-c2cc([C@H]3C[C@@H]3C#Cc3ccc(Cl)cn3)c(Cl)nn2)c(=O)[nH]1. The summed E-state index contributed by atoms with van der Waals surface area (Å²) < 4.78 is 0. The van der Waals surface area contributed by atoms with E-state index in [-0.39, 0.29) is 22.6 Å². The number of hydrogen-bond donors (Lipinski definition) is 2. The van der Waals surface area contributed by atoms with Crippen LogP contribution in [0.2, 0.25) is 10.2 Å². The highest BCUT2D eigenvalue weighted by Crippen LogP contribution is 2.49. The summed E-state index contributed by atoms with van der Waals surface area (Å²) in [6, 6.07) is 5.21. The summed E-state index contributed by atoms with van der Waals surface area (Å²) >= 11 is 12.0. The van der Waals surface area contributed by atoms with E-state index in [1.54, 1.807) is 24.4 Å². The van der Waals surface area contributed by atoms with Gasteiger partial charge in [0.1, 0.15) is 11.4 Å². The molecule has 3 aromatic heterocycles. The van der Waals surface area contributed by atoms with Gasteiger partial charge in [0.05, 0.1) is 10.6 Å². The summed E-state index contributed by atoms with van der Waals surface area (Å²) in [6.07, 6.45) is 3.68. The minimum Gasteiger partial charge on any atom is -0.313 e. The lowest BCUT2D eigenvalue weighted by Gasteiger charge is -2.04. The largest absolute Gasteiger partial charge is 0.325 e. The average molecular weight is 400 g/mol. The van der Waals surface area contributed by atoms with Crippen molar-refractivity contribution in [1.82, 2.24) is 25.1 Å². The molecular formula is C18H11Cl2N5O2. The summed E-state index contributed by atoms with van der Waals surface area (Å²) in [5.74, 6) is 6.41. The highest BCUT2D eigenvalue weighted by atomic mass is 35.5. The number of hydrogen-bond acceptors (Lipinski definition) is 5. The van der Waals surface area contributed by atoms with Crippen LogP contribution in [-0.4, -0.2) is 25.1 Å². The number of rotatable bonds is 2. The smallest absolute Gasteiger partial charge is 0.313 e. The molecule has 1 fully saturated rings. The standard InChI is InChI=1S/C18H11Cl2N5O2/c19-10-2-4-11(21-7-10)3-1-9-5-12(9)13-6-15(24-25-16(13)20)14-8-22-18(27)23-17(14)26/h2,4,6-9,12H,5H2,(H2,22,23,26,27)/t9-,12-/m0/s1. The highest BCUT2D eigenvalue weighted by Gasteiger charge is 2.39. The zero-order valence-electron chi connectivity index (χ0n) is 13.7. The lowest BCUT2D eigenvalue weighted by Crippen LogP contribution is -2.23. The fourth-order valence-electron chi connectivity index (χ4n) is 2.70. The molecule has 3 aromatic rings. The van der Waals surface area contributed by atoms with Crippen LogP contribution in [-0.2, 0) is 0 Å². The second kappa shape index (κ2) is 6.99. The van der Waals surface area contributed by atoms with Crippen LogP contribution in [0.1, 0.15) is 23.6 Å². The molecule has 2 atom stereocenters. The molecule has 0 spiro atoms. The molecule has 0 saturated heterocycles. The number of aromatic amines is 2. The quantitative estimate of drug-likeness (QED) is 0.643.